The fourth-order valence-corrected chi connectivity index (χ4v) is 4.79. The van der Waals surface area contributed by atoms with Gasteiger partial charge in [0.1, 0.15) is 11.4 Å². The molecule has 1 atom stereocenters. The van der Waals surface area contributed by atoms with Gasteiger partial charge < -0.3 is 4.74 Å². The lowest BCUT2D eigenvalue weighted by molar-refractivity contribution is -0.128. The predicted molar refractivity (Wildman–Crippen MR) is 120 cm³/mol. The van der Waals surface area contributed by atoms with Crippen LogP contribution in [0.15, 0.2) is 53.5 Å². The molecule has 1 unspecified atom stereocenters. The van der Waals surface area contributed by atoms with Gasteiger partial charge in [-0.15, -0.1) is 0 Å². The Labute approximate surface area is 185 Å². The number of amidine groups is 1. The zero-order valence-corrected chi connectivity index (χ0v) is 18.2. The highest BCUT2D eigenvalue weighted by molar-refractivity contribution is 8.14. The van der Waals surface area contributed by atoms with Crippen molar-refractivity contribution in [3.63, 3.8) is 0 Å². The minimum Gasteiger partial charge on any atom is -0.492 e. The van der Waals surface area contributed by atoms with Gasteiger partial charge >= 0.3 is 0 Å². The number of amides is 3. The molecule has 2 aromatic rings. The standard InChI is InChI=1S/C23H23N3O4S/c1-3-30-19-11-7-6-10-18(19)24-23-26(15(2)14-31-23)20(27)12-13-25-21(28)16-8-4-5-9-17(16)22(25)29/h4-11,15H,3,12-14H2,1-2H3. The zero-order chi connectivity index (χ0) is 22.0. The van der Waals surface area contributed by atoms with Gasteiger partial charge in [-0.05, 0) is 38.1 Å². The summed E-state index contributed by atoms with van der Waals surface area (Å²) in [5, 5.41) is 0.604. The average Bonchev–Trinajstić information content (AvgIpc) is 3.25. The van der Waals surface area contributed by atoms with Crippen LogP contribution in [-0.4, -0.2) is 57.6 Å². The Morgan fingerprint density at radius 2 is 1.74 bits per heavy atom. The molecule has 160 valence electrons. The van der Waals surface area contributed by atoms with E-state index in [1.165, 1.54) is 11.8 Å². The SMILES string of the molecule is CCOc1ccccc1N=C1SCC(C)N1C(=O)CCN1C(=O)c2ccccc2C1=O. The molecular weight excluding hydrogens is 414 g/mol. The van der Waals surface area contributed by atoms with Crippen molar-refractivity contribution in [3.8, 4) is 5.75 Å². The van der Waals surface area contributed by atoms with E-state index >= 15 is 0 Å². The first-order valence-electron chi connectivity index (χ1n) is 10.2. The third kappa shape index (κ3) is 4.07. The van der Waals surface area contributed by atoms with Crippen LogP contribution in [0.1, 0.15) is 41.0 Å². The second kappa shape index (κ2) is 8.93. The highest BCUT2D eigenvalue weighted by Gasteiger charge is 2.37. The summed E-state index contributed by atoms with van der Waals surface area (Å²) in [5.41, 5.74) is 1.44. The largest absolute Gasteiger partial charge is 0.492 e. The Hall–Kier alpha value is -3.13. The van der Waals surface area contributed by atoms with Crippen LogP contribution in [-0.2, 0) is 4.79 Å². The van der Waals surface area contributed by atoms with Crippen LogP contribution in [0.2, 0.25) is 0 Å². The fourth-order valence-electron chi connectivity index (χ4n) is 3.67. The molecule has 7 nitrogen and oxygen atoms in total. The van der Waals surface area contributed by atoms with Crippen molar-refractivity contribution < 1.29 is 19.1 Å². The summed E-state index contributed by atoms with van der Waals surface area (Å²) in [4.78, 5) is 45.7. The smallest absolute Gasteiger partial charge is 0.261 e. The van der Waals surface area contributed by atoms with E-state index in [1.807, 2.05) is 38.1 Å². The van der Waals surface area contributed by atoms with Gasteiger partial charge in [-0.1, -0.05) is 36.0 Å². The summed E-state index contributed by atoms with van der Waals surface area (Å²) in [6, 6.07) is 14.1. The van der Waals surface area contributed by atoms with Gasteiger partial charge in [0.2, 0.25) is 5.91 Å². The number of ether oxygens (including phenoxy) is 1. The zero-order valence-electron chi connectivity index (χ0n) is 17.4. The van der Waals surface area contributed by atoms with Crippen molar-refractivity contribution >= 4 is 40.3 Å². The first kappa shape index (κ1) is 21.1. The second-order valence-corrected chi connectivity index (χ2v) is 8.26. The van der Waals surface area contributed by atoms with Gasteiger partial charge in [0.15, 0.2) is 5.17 Å². The van der Waals surface area contributed by atoms with Gasteiger partial charge in [0.25, 0.3) is 11.8 Å². The van der Waals surface area contributed by atoms with E-state index in [4.69, 9.17) is 4.74 Å². The number of hydrogen-bond donors (Lipinski definition) is 0. The minimum absolute atomic E-state index is 0.0299. The Bertz CT molecular complexity index is 1030. The van der Waals surface area contributed by atoms with Crippen LogP contribution in [0.3, 0.4) is 0 Å². The molecule has 0 aromatic heterocycles. The number of thioether (sulfide) groups is 1. The molecule has 0 spiro atoms. The summed E-state index contributed by atoms with van der Waals surface area (Å²) in [6.45, 7) is 4.44. The molecule has 0 bridgehead atoms. The lowest BCUT2D eigenvalue weighted by atomic mass is 10.1. The van der Waals surface area contributed by atoms with Crippen LogP contribution >= 0.6 is 11.8 Å². The normalized spacial score (nSPS) is 19.3. The molecule has 0 radical (unpaired) electrons. The van der Waals surface area contributed by atoms with E-state index in [2.05, 4.69) is 4.99 Å². The molecule has 2 aliphatic heterocycles. The van der Waals surface area contributed by atoms with Gasteiger partial charge in [0.05, 0.1) is 17.7 Å². The van der Waals surface area contributed by atoms with E-state index in [1.54, 1.807) is 29.2 Å². The third-order valence-electron chi connectivity index (χ3n) is 5.18. The molecule has 31 heavy (non-hydrogen) atoms. The molecular formula is C23H23N3O4S. The Kier molecular flexibility index (Phi) is 6.08. The molecule has 4 rings (SSSR count). The van der Waals surface area contributed by atoms with Crippen molar-refractivity contribution in [1.29, 1.82) is 0 Å². The molecule has 2 heterocycles. The molecule has 2 aliphatic rings. The maximum absolute atomic E-state index is 13.1. The molecule has 0 saturated carbocycles. The van der Waals surface area contributed by atoms with E-state index in [-0.39, 0.29) is 36.7 Å². The number of fused-ring (bicyclic) bond motifs is 1. The first-order valence-corrected chi connectivity index (χ1v) is 11.2. The van der Waals surface area contributed by atoms with E-state index in [0.29, 0.717) is 34.3 Å². The van der Waals surface area contributed by atoms with Crippen molar-refractivity contribution in [2.45, 2.75) is 26.3 Å². The predicted octanol–water partition coefficient (Wildman–Crippen LogP) is 3.72. The minimum atomic E-state index is -0.350. The quantitative estimate of drug-likeness (QED) is 0.644. The Morgan fingerprint density at radius 3 is 2.42 bits per heavy atom. The number of nitrogens with zero attached hydrogens (tertiary/aromatic N) is 3. The molecule has 8 heteroatoms. The molecule has 3 amide bonds. The number of carbonyl (C=O) groups excluding carboxylic acids is 3. The van der Waals surface area contributed by atoms with E-state index in [9.17, 15) is 14.4 Å². The van der Waals surface area contributed by atoms with Crippen LogP contribution in [0.25, 0.3) is 0 Å². The van der Waals surface area contributed by atoms with Gasteiger partial charge in [0, 0.05) is 24.8 Å². The highest BCUT2D eigenvalue weighted by Crippen LogP contribution is 2.32. The Morgan fingerprint density at radius 1 is 1.10 bits per heavy atom. The van der Waals surface area contributed by atoms with Crippen molar-refractivity contribution in [1.82, 2.24) is 9.80 Å². The second-order valence-electron chi connectivity index (χ2n) is 7.28. The van der Waals surface area contributed by atoms with Gasteiger partial charge in [-0.2, -0.15) is 0 Å². The summed E-state index contributed by atoms with van der Waals surface area (Å²) >= 11 is 1.51. The summed E-state index contributed by atoms with van der Waals surface area (Å²) in [5.74, 6) is 0.528. The average molecular weight is 438 g/mol. The van der Waals surface area contributed by atoms with Crippen LogP contribution in [0, 0.1) is 0 Å². The van der Waals surface area contributed by atoms with Gasteiger partial charge in [-0.25, -0.2) is 4.99 Å². The number of imide groups is 1. The number of benzene rings is 2. The van der Waals surface area contributed by atoms with E-state index < -0.39 is 0 Å². The monoisotopic (exact) mass is 437 g/mol. The lowest BCUT2D eigenvalue weighted by Gasteiger charge is -2.22. The van der Waals surface area contributed by atoms with E-state index in [0.717, 1.165) is 10.7 Å². The molecule has 0 N–H and O–H groups in total. The number of rotatable bonds is 6. The summed E-state index contributed by atoms with van der Waals surface area (Å²) in [6.07, 6.45) is 0.0441. The Balaban J connectivity index is 1.49. The number of carbonyl (C=O) groups is 3. The molecule has 2 aromatic carbocycles. The fraction of sp³-hybridized carbons (Fsp3) is 0.304. The molecule has 0 aliphatic carbocycles. The highest BCUT2D eigenvalue weighted by atomic mass is 32.2. The molecule has 1 saturated heterocycles. The van der Waals surface area contributed by atoms with Crippen molar-refractivity contribution in [2.24, 2.45) is 4.99 Å². The maximum Gasteiger partial charge on any atom is 0.261 e. The maximum atomic E-state index is 13.1. The lowest BCUT2D eigenvalue weighted by Crippen LogP contribution is -2.40. The number of hydrogen-bond acceptors (Lipinski definition) is 6. The van der Waals surface area contributed by atoms with Crippen LogP contribution < -0.4 is 4.74 Å². The van der Waals surface area contributed by atoms with Crippen molar-refractivity contribution in [3.05, 3.63) is 59.7 Å². The first-order chi connectivity index (χ1) is 15.0. The van der Waals surface area contributed by atoms with Crippen LogP contribution in [0.4, 0.5) is 5.69 Å². The summed E-state index contributed by atoms with van der Waals surface area (Å²) in [7, 11) is 0. The molecule has 1 fully saturated rings. The number of aliphatic imine (C=N–C) groups is 1. The van der Waals surface area contributed by atoms with Crippen molar-refractivity contribution in [2.75, 3.05) is 18.9 Å². The van der Waals surface area contributed by atoms with Gasteiger partial charge in [-0.3, -0.25) is 24.2 Å². The summed E-state index contributed by atoms with van der Waals surface area (Å²) < 4.78 is 5.64. The third-order valence-corrected chi connectivity index (χ3v) is 6.37. The topological polar surface area (TPSA) is 79.3 Å². The number of para-hydroxylation sites is 2. The van der Waals surface area contributed by atoms with Crippen LogP contribution in [0.5, 0.6) is 5.75 Å².